The first kappa shape index (κ1) is 22.0. The molecule has 0 fully saturated rings. The smallest absolute Gasteiger partial charge is 0.147 e. The van der Waals surface area contributed by atoms with Crippen LogP contribution >= 0.6 is 0 Å². The van der Waals surface area contributed by atoms with Crippen molar-refractivity contribution in [1.82, 2.24) is 0 Å². The summed E-state index contributed by atoms with van der Waals surface area (Å²) in [4.78, 5) is 13.3. The molecule has 0 aliphatic rings. The number of rotatable bonds is 10. The molecule has 0 saturated carbocycles. The van der Waals surface area contributed by atoms with Gasteiger partial charge in [-0.05, 0) is 24.0 Å². The van der Waals surface area contributed by atoms with Crippen LogP contribution in [0.2, 0.25) is 0 Å². The second-order valence-electron chi connectivity index (χ2n) is 8.33. The van der Waals surface area contributed by atoms with E-state index in [2.05, 4.69) is 27.7 Å². The molecule has 0 amide bonds. The Kier molecular flexibility index (Phi) is 8.10. The third-order valence-corrected chi connectivity index (χ3v) is 4.77. The highest BCUT2D eigenvalue weighted by Gasteiger charge is 2.27. The Balaban J connectivity index is 2.22. The minimum Gasteiger partial charge on any atom is -0.493 e. The molecule has 2 rings (SSSR count). The molecular formula is C25H34O3. The van der Waals surface area contributed by atoms with Gasteiger partial charge in [0.15, 0.2) is 0 Å². The first-order valence-corrected chi connectivity index (χ1v) is 10.3. The normalized spacial score (nSPS) is 13.4. The molecule has 2 unspecified atom stereocenters. The maximum Gasteiger partial charge on any atom is 0.147 e. The predicted molar refractivity (Wildman–Crippen MR) is 115 cm³/mol. The molecule has 2 aromatic rings. The number of hydrogen-bond donors (Lipinski definition) is 0. The van der Waals surface area contributed by atoms with Gasteiger partial charge in [0.2, 0.25) is 0 Å². The fourth-order valence-corrected chi connectivity index (χ4v) is 3.13. The minimum atomic E-state index is -0.253. The lowest BCUT2D eigenvalue weighted by Gasteiger charge is -2.22. The molecule has 0 aliphatic heterocycles. The van der Waals surface area contributed by atoms with Gasteiger partial charge in [0.05, 0.1) is 13.2 Å². The summed E-state index contributed by atoms with van der Waals surface area (Å²) in [6.07, 6.45) is 0. The Labute approximate surface area is 170 Å². The van der Waals surface area contributed by atoms with Crippen molar-refractivity contribution in [3.63, 3.8) is 0 Å². The van der Waals surface area contributed by atoms with Gasteiger partial charge in [0, 0.05) is 23.0 Å². The molecule has 0 N–H and O–H groups in total. The van der Waals surface area contributed by atoms with Crippen LogP contribution < -0.4 is 9.47 Å². The monoisotopic (exact) mass is 382 g/mol. The van der Waals surface area contributed by atoms with E-state index in [1.807, 2.05) is 62.4 Å². The number of ketones is 1. The second kappa shape index (κ2) is 10.3. The van der Waals surface area contributed by atoms with E-state index < -0.39 is 0 Å². The highest BCUT2D eigenvalue weighted by atomic mass is 16.5. The molecule has 3 nitrogen and oxygen atoms in total. The molecule has 2 atom stereocenters. The Morgan fingerprint density at radius 1 is 0.679 bits per heavy atom. The van der Waals surface area contributed by atoms with Crippen molar-refractivity contribution in [3.8, 4) is 11.5 Å². The average Bonchev–Trinajstić information content (AvgIpc) is 2.69. The third kappa shape index (κ3) is 5.85. The molecule has 0 aliphatic carbocycles. The lowest BCUT2D eigenvalue weighted by molar-refractivity contribution is -0.121. The second-order valence-corrected chi connectivity index (χ2v) is 8.33. The maximum atomic E-state index is 13.3. The van der Waals surface area contributed by atoms with Gasteiger partial charge in [-0.3, -0.25) is 4.79 Å². The first-order chi connectivity index (χ1) is 13.3. The number of para-hydroxylation sites is 2. The van der Waals surface area contributed by atoms with E-state index in [1.165, 1.54) is 0 Å². The zero-order valence-electron chi connectivity index (χ0n) is 18.1. The number of carbonyl (C=O) groups excluding carboxylic acids is 1. The Hall–Kier alpha value is -2.29. The van der Waals surface area contributed by atoms with Gasteiger partial charge in [0.25, 0.3) is 0 Å². The summed E-state index contributed by atoms with van der Waals surface area (Å²) in [5.74, 6) is 2.13. The summed E-state index contributed by atoms with van der Waals surface area (Å²) in [6, 6.07) is 15.7. The topological polar surface area (TPSA) is 35.5 Å². The number of hydrogen-bond acceptors (Lipinski definition) is 3. The zero-order chi connectivity index (χ0) is 20.7. The fourth-order valence-electron chi connectivity index (χ4n) is 3.13. The van der Waals surface area contributed by atoms with Crippen LogP contribution in [0.3, 0.4) is 0 Å². The molecule has 3 heteroatoms. The van der Waals surface area contributed by atoms with E-state index in [9.17, 15) is 4.79 Å². The highest BCUT2D eigenvalue weighted by molar-refractivity contribution is 5.92. The van der Waals surface area contributed by atoms with Gasteiger partial charge in [-0.25, -0.2) is 0 Å². The summed E-state index contributed by atoms with van der Waals surface area (Å²) in [7, 11) is 0. The van der Waals surface area contributed by atoms with E-state index >= 15 is 0 Å². The summed E-state index contributed by atoms with van der Waals surface area (Å²) >= 11 is 0. The Morgan fingerprint density at radius 3 is 1.39 bits per heavy atom. The Morgan fingerprint density at radius 2 is 1.04 bits per heavy atom. The standard InChI is InChI=1S/C25H34O3/c1-17(2)15-27-23-13-9-7-11-21(23)19(5)25(26)20(6)22-12-8-10-14-24(22)28-16-18(3)4/h7-14,17-20H,15-16H2,1-6H3. The number of benzene rings is 2. The van der Waals surface area contributed by atoms with Crippen LogP contribution in [0, 0.1) is 11.8 Å². The molecule has 0 spiro atoms. The van der Waals surface area contributed by atoms with Gasteiger partial charge >= 0.3 is 0 Å². The molecule has 0 aromatic heterocycles. The zero-order valence-corrected chi connectivity index (χ0v) is 18.1. The lowest BCUT2D eigenvalue weighted by Crippen LogP contribution is -2.19. The van der Waals surface area contributed by atoms with Crippen molar-refractivity contribution < 1.29 is 14.3 Å². The average molecular weight is 383 g/mol. The number of Topliss-reactive ketones (excluding diaryl/α,β-unsaturated/α-hetero) is 1. The van der Waals surface area contributed by atoms with Crippen LogP contribution in [-0.4, -0.2) is 19.0 Å². The van der Waals surface area contributed by atoms with Crippen molar-refractivity contribution in [3.05, 3.63) is 59.7 Å². The van der Waals surface area contributed by atoms with Crippen LogP contribution in [-0.2, 0) is 4.79 Å². The SMILES string of the molecule is CC(C)COc1ccccc1C(C)C(=O)C(C)c1ccccc1OCC(C)C. The number of ether oxygens (including phenoxy) is 2. The summed E-state index contributed by atoms with van der Waals surface area (Å²) < 4.78 is 11.9. The molecule has 2 aromatic carbocycles. The van der Waals surface area contributed by atoms with E-state index in [-0.39, 0.29) is 17.6 Å². The molecule has 0 saturated heterocycles. The van der Waals surface area contributed by atoms with Gasteiger partial charge in [0.1, 0.15) is 17.3 Å². The van der Waals surface area contributed by atoms with E-state index in [4.69, 9.17) is 9.47 Å². The quantitative estimate of drug-likeness (QED) is 0.488. The summed E-state index contributed by atoms with van der Waals surface area (Å²) in [5.41, 5.74) is 1.89. The molecule has 0 radical (unpaired) electrons. The van der Waals surface area contributed by atoms with Crippen LogP contribution in [0.15, 0.2) is 48.5 Å². The molecule has 28 heavy (non-hydrogen) atoms. The van der Waals surface area contributed by atoms with Gasteiger partial charge in [-0.2, -0.15) is 0 Å². The van der Waals surface area contributed by atoms with Crippen molar-refractivity contribution in [2.24, 2.45) is 11.8 Å². The highest BCUT2D eigenvalue weighted by Crippen LogP contribution is 2.35. The summed E-state index contributed by atoms with van der Waals surface area (Å²) in [6.45, 7) is 13.7. The largest absolute Gasteiger partial charge is 0.493 e. The first-order valence-electron chi connectivity index (χ1n) is 10.3. The van der Waals surface area contributed by atoms with Crippen molar-refractivity contribution in [2.45, 2.75) is 53.4 Å². The lowest BCUT2D eigenvalue weighted by atomic mass is 9.85. The third-order valence-electron chi connectivity index (χ3n) is 4.77. The molecule has 152 valence electrons. The van der Waals surface area contributed by atoms with Crippen molar-refractivity contribution in [1.29, 1.82) is 0 Å². The van der Waals surface area contributed by atoms with Crippen LogP contribution in [0.4, 0.5) is 0 Å². The van der Waals surface area contributed by atoms with Crippen molar-refractivity contribution >= 4 is 5.78 Å². The predicted octanol–water partition coefficient (Wildman–Crippen LogP) is 6.23. The Bertz CT molecular complexity index is 700. The molecular weight excluding hydrogens is 348 g/mol. The fraction of sp³-hybridized carbons (Fsp3) is 0.480. The van der Waals surface area contributed by atoms with E-state index in [1.54, 1.807) is 0 Å². The molecule has 0 heterocycles. The van der Waals surface area contributed by atoms with Gasteiger partial charge < -0.3 is 9.47 Å². The maximum absolute atomic E-state index is 13.3. The van der Waals surface area contributed by atoms with Crippen molar-refractivity contribution in [2.75, 3.05) is 13.2 Å². The van der Waals surface area contributed by atoms with Crippen LogP contribution in [0.25, 0.3) is 0 Å². The van der Waals surface area contributed by atoms with Crippen LogP contribution in [0.5, 0.6) is 11.5 Å². The number of carbonyl (C=O) groups is 1. The summed E-state index contributed by atoms with van der Waals surface area (Å²) in [5, 5.41) is 0. The van der Waals surface area contributed by atoms with Gasteiger partial charge in [-0.1, -0.05) is 77.9 Å². The van der Waals surface area contributed by atoms with Gasteiger partial charge in [-0.15, -0.1) is 0 Å². The van der Waals surface area contributed by atoms with E-state index in [0.29, 0.717) is 25.0 Å². The van der Waals surface area contributed by atoms with Crippen LogP contribution in [0.1, 0.15) is 64.5 Å². The minimum absolute atomic E-state index is 0.168. The van der Waals surface area contributed by atoms with E-state index in [0.717, 1.165) is 22.6 Å². The molecule has 0 bridgehead atoms.